The fourth-order valence-electron chi connectivity index (χ4n) is 3.24. The lowest BCUT2D eigenvalue weighted by molar-refractivity contribution is 0.389. The zero-order valence-corrected chi connectivity index (χ0v) is 16.4. The molecule has 0 amide bonds. The molecule has 2 heterocycles. The van der Waals surface area contributed by atoms with Gasteiger partial charge in [0.1, 0.15) is 11.5 Å². The summed E-state index contributed by atoms with van der Waals surface area (Å²) in [5.74, 6) is 1.19. The molecule has 150 valence electrons. The van der Waals surface area contributed by atoms with Crippen LogP contribution in [0.25, 0.3) is 16.5 Å². The van der Waals surface area contributed by atoms with Crippen LogP contribution in [0.1, 0.15) is 5.56 Å². The van der Waals surface area contributed by atoms with Gasteiger partial charge in [-0.15, -0.1) is 0 Å². The minimum atomic E-state index is -0.374. The largest absolute Gasteiger partial charge is 0.497 e. The van der Waals surface area contributed by atoms with Crippen molar-refractivity contribution in [3.63, 3.8) is 0 Å². The molecule has 0 aliphatic rings. The van der Waals surface area contributed by atoms with E-state index in [1.54, 1.807) is 67.9 Å². The fourth-order valence-corrected chi connectivity index (χ4v) is 3.24. The SMILES string of the molecule is COc1ccc(-n2c(O)c(/C=N/c3ccccn3)c3ccccc3c2=O)c(OC)c1. The molecule has 1 N–H and O–H groups in total. The summed E-state index contributed by atoms with van der Waals surface area (Å²) in [6.07, 6.45) is 3.14. The molecule has 7 heteroatoms. The summed E-state index contributed by atoms with van der Waals surface area (Å²) in [7, 11) is 3.03. The van der Waals surface area contributed by atoms with Crippen molar-refractivity contribution >= 4 is 22.8 Å². The lowest BCUT2D eigenvalue weighted by atomic mass is 10.1. The first-order chi connectivity index (χ1) is 14.6. The molecule has 4 rings (SSSR count). The Morgan fingerprint density at radius 2 is 1.77 bits per heavy atom. The third kappa shape index (κ3) is 3.37. The summed E-state index contributed by atoms with van der Waals surface area (Å²) >= 11 is 0. The van der Waals surface area contributed by atoms with Crippen molar-refractivity contribution in [2.24, 2.45) is 4.99 Å². The van der Waals surface area contributed by atoms with Crippen LogP contribution in [0.2, 0.25) is 0 Å². The molecule has 0 saturated heterocycles. The summed E-state index contributed by atoms with van der Waals surface area (Å²) in [4.78, 5) is 21.8. The highest BCUT2D eigenvalue weighted by Crippen LogP contribution is 2.32. The van der Waals surface area contributed by atoms with E-state index in [4.69, 9.17) is 9.47 Å². The molecule has 0 bridgehead atoms. The maximum absolute atomic E-state index is 13.3. The molecule has 0 saturated carbocycles. The second-order valence-corrected chi connectivity index (χ2v) is 6.41. The fraction of sp³-hybridized carbons (Fsp3) is 0.0870. The predicted octanol–water partition coefficient (Wildman–Crippen LogP) is 3.86. The highest BCUT2D eigenvalue weighted by atomic mass is 16.5. The van der Waals surface area contributed by atoms with Crippen molar-refractivity contribution < 1.29 is 14.6 Å². The van der Waals surface area contributed by atoms with E-state index in [0.29, 0.717) is 39.3 Å². The van der Waals surface area contributed by atoms with Crippen LogP contribution >= 0.6 is 0 Å². The Kier molecular flexibility index (Phi) is 5.17. The second-order valence-electron chi connectivity index (χ2n) is 6.41. The molecule has 0 aliphatic heterocycles. The molecular weight excluding hydrogens is 382 g/mol. The van der Waals surface area contributed by atoms with E-state index in [1.165, 1.54) is 17.9 Å². The Labute approximate surface area is 172 Å². The Morgan fingerprint density at radius 3 is 2.47 bits per heavy atom. The first-order valence-electron chi connectivity index (χ1n) is 9.18. The van der Waals surface area contributed by atoms with Gasteiger partial charge < -0.3 is 14.6 Å². The van der Waals surface area contributed by atoms with Crippen LogP contribution in [-0.2, 0) is 0 Å². The van der Waals surface area contributed by atoms with Gasteiger partial charge in [-0.05, 0) is 30.3 Å². The number of ether oxygens (including phenoxy) is 2. The first-order valence-corrected chi connectivity index (χ1v) is 9.18. The van der Waals surface area contributed by atoms with Crippen molar-refractivity contribution in [3.05, 3.63) is 82.8 Å². The average molecular weight is 401 g/mol. The van der Waals surface area contributed by atoms with E-state index >= 15 is 0 Å². The van der Waals surface area contributed by atoms with Crippen LogP contribution in [0.4, 0.5) is 5.82 Å². The van der Waals surface area contributed by atoms with Gasteiger partial charge in [0.25, 0.3) is 5.56 Å². The number of hydrogen-bond donors (Lipinski definition) is 1. The number of nitrogens with zero attached hydrogens (tertiary/aromatic N) is 3. The average Bonchev–Trinajstić information content (AvgIpc) is 2.80. The zero-order valence-electron chi connectivity index (χ0n) is 16.4. The minimum absolute atomic E-state index is 0.248. The highest BCUT2D eigenvalue weighted by molar-refractivity contribution is 6.02. The normalized spacial score (nSPS) is 11.1. The van der Waals surface area contributed by atoms with Crippen LogP contribution in [0, 0.1) is 0 Å². The monoisotopic (exact) mass is 401 g/mol. The van der Waals surface area contributed by atoms with Gasteiger partial charge in [-0.1, -0.05) is 24.3 Å². The van der Waals surface area contributed by atoms with E-state index in [1.807, 2.05) is 6.07 Å². The molecular formula is C23H19N3O4. The Bertz CT molecular complexity index is 1300. The molecule has 2 aromatic heterocycles. The number of aromatic hydroxyl groups is 1. The number of benzene rings is 2. The third-order valence-corrected chi connectivity index (χ3v) is 4.71. The highest BCUT2D eigenvalue weighted by Gasteiger charge is 2.19. The molecule has 7 nitrogen and oxygen atoms in total. The molecule has 30 heavy (non-hydrogen) atoms. The standard InChI is InChI=1S/C23H19N3O4/c1-29-15-10-11-19(20(13-15)30-2)26-22(27)17-8-4-3-7-16(17)18(23(26)28)14-25-21-9-5-6-12-24-21/h3-14,28H,1-2H3/b25-14+. The predicted molar refractivity (Wildman–Crippen MR) is 116 cm³/mol. The van der Waals surface area contributed by atoms with Gasteiger partial charge in [0.15, 0.2) is 5.82 Å². The van der Waals surface area contributed by atoms with Crippen LogP contribution < -0.4 is 15.0 Å². The molecule has 2 aromatic carbocycles. The van der Waals surface area contributed by atoms with Crippen molar-refractivity contribution in [2.45, 2.75) is 0 Å². The molecule has 0 spiro atoms. The number of fused-ring (bicyclic) bond motifs is 1. The van der Waals surface area contributed by atoms with Gasteiger partial charge >= 0.3 is 0 Å². The molecule has 0 aliphatic carbocycles. The Balaban J connectivity index is 2.00. The number of hydrogen-bond acceptors (Lipinski definition) is 6. The number of methoxy groups -OCH3 is 2. The van der Waals surface area contributed by atoms with Crippen molar-refractivity contribution in [3.8, 4) is 23.1 Å². The summed E-state index contributed by atoms with van der Waals surface area (Å²) < 4.78 is 11.9. The first kappa shape index (κ1) is 19.2. The van der Waals surface area contributed by atoms with Crippen LogP contribution in [0.15, 0.2) is 76.6 Å². The van der Waals surface area contributed by atoms with E-state index in [9.17, 15) is 9.90 Å². The van der Waals surface area contributed by atoms with Crippen LogP contribution in [0.5, 0.6) is 17.4 Å². The number of aromatic nitrogens is 2. The van der Waals surface area contributed by atoms with E-state index in [2.05, 4.69) is 9.98 Å². The van der Waals surface area contributed by atoms with E-state index in [-0.39, 0.29) is 11.4 Å². The molecule has 0 radical (unpaired) electrons. The molecule has 0 fully saturated rings. The van der Waals surface area contributed by atoms with Gasteiger partial charge in [-0.3, -0.25) is 4.79 Å². The van der Waals surface area contributed by atoms with Crippen molar-refractivity contribution in [2.75, 3.05) is 14.2 Å². The van der Waals surface area contributed by atoms with Gasteiger partial charge in [0.2, 0.25) is 5.88 Å². The quantitative estimate of drug-likeness (QED) is 0.513. The van der Waals surface area contributed by atoms with E-state index in [0.717, 1.165) is 0 Å². The Hall–Kier alpha value is -4.13. The van der Waals surface area contributed by atoms with E-state index < -0.39 is 0 Å². The molecule has 0 atom stereocenters. The van der Waals surface area contributed by atoms with Crippen LogP contribution in [0.3, 0.4) is 0 Å². The lowest BCUT2D eigenvalue weighted by Gasteiger charge is -2.16. The maximum atomic E-state index is 13.3. The smallest absolute Gasteiger partial charge is 0.265 e. The minimum Gasteiger partial charge on any atom is -0.497 e. The van der Waals surface area contributed by atoms with Gasteiger partial charge in [0, 0.05) is 29.3 Å². The van der Waals surface area contributed by atoms with Gasteiger partial charge in [-0.2, -0.15) is 0 Å². The zero-order chi connectivity index (χ0) is 21.1. The lowest BCUT2D eigenvalue weighted by Crippen LogP contribution is -2.20. The second kappa shape index (κ2) is 8.08. The topological polar surface area (TPSA) is 85.9 Å². The summed E-state index contributed by atoms with van der Waals surface area (Å²) in [5.41, 5.74) is 0.411. The summed E-state index contributed by atoms with van der Waals surface area (Å²) in [6, 6.07) is 17.4. The van der Waals surface area contributed by atoms with Crippen LogP contribution in [-0.4, -0.2) is 35.1 Å². The summed E-state index contributed by atoms with van der Waals surface area (Å²) in [6.45, 7) is 0. The third-order valence-electron chi connectivity index (χ3n) is 4.71. The molecule has 4 aromatic rings. The maximum Gasteiger partial charge on any atom is 0.265 e. The number of aliphatic imine (C=N–C) groups is 1. The van der Waals surface area contributed by atoms with Gasteiger partial charge in [-0.25, -0.2) is 14.5 Å². The summed E-state index contributed by atoms with van der Waals surface area (Å²) in [5, 5.41) is 12.1. The van der Waals surface area contributed by atoms with Crippen molar-refractivity contribution in [1.29, 1.82) is 0 Å². The Morgan fingerprint density at radius 1 is 1.00 bits per heavy atom. The molecule has 0 unspecified atom stereocenters. The number of rotatable bonds is 5. The number of pyridine rings is 2. The van der Waals surface area contributed by atoms with Gasteiger partial charge in [0.05, 0.1) is 25.5 Å². The van der Waals surface area contributed by atoms with Crippen molar-refractivity contribution in [1.82, 2.24) is 9.55 Å².